The number of hydrogen-bond donors (Lipinski definition) is 1. The molecule has 2 aromatic carbocycles. The molecule has 0 spiro atoms. The molecule has 2 aromatic rings. The Balaban J connectivity index is 1.85. The summed E-state index contributed by atoms with van der Waals surface area (Å²) in [4.78, 5) is 12.6. The zero-order valence-corrected chi connectivity index (χ0v) is 14.2. The average Bonchev–Trinajstić information content (AvgIpc) is 2.79. The fraction of sp³-hybridized carbons (Fsp3) is 0.167. The van der Waals surface area contributed by atoms with Crippen LogP contribution in [0.2, 0.25) is 0 Å². The minimum absolute atomic E-state index is 0.240. The minimum Gasteiger partial charge on any atom is -0.460 e. The molecule has 130 valence electrons. The van der Waals surface area contributed by atoms with Crippen LogP contribution >= 0.6 is 0 Å². The molecule has 0 aromatic heterocycles. The van der Waals surface area contributed by atoms with E-state index in [1.165, 1.54) is 6.07 Å². The molecule has 3 rings (SSSR count). The first-order valence-electron chi connectivity index (χ1n) is 7.98. The Labute approximate surface area is 147 Å². The van der Waals surface area contributed by atoms with Crippen LogP contribution in [-0.2, 0) is 29.6 Å². The molecule has 0 amide bonds. The highest BCUT2D eigenvalue weighted by Gasteiger charge is 2.39. The Morgan fingerprint density at radius 3 is 2.60 bits per heavy atom. The highest BCUT2D eigenvalue weighted by Crippen LogP contribution is 2.33. The first kappa shape index (κ1) is 15.7. The van der Waals surface area contributed by atoms with Crippen LogP contribution in [0.25, 0.3) is 0 Å². The zero-order chi connectivity index (χ0) is 18.9. The van der Waals surface area contributed by atoms with Gasteiger partial charge >= 0.3 is 10.1 Å². The molecule has 0 aliphatic carbocycles. The first-order valence-corrected chi connectivity index (χ1v) is 9.06. The molecule has 2 N–H and O–H groups in total. The van der Waals surface area contributed by atoms with Crippen molar-refractivity contribution in [2.75, 3.05) is 0 Å². The number of benzene rings is 2. The Bertz CT molecular complexity index is 988. The molecule has 0 radical (unpaired) electrons. The Morgan fingerprint density at radius 1 is 1.20 bits per heavy atom. The lowest BCUT2D eigenvalue weighted by molar-refractivity contribution is -0.123. The number of hydrogen-bond acceptors (Lipinski definition) is 6. The van der Waals surface area contributed by atoms with Gasteiger partial charge in [-0.15, -0.1) is 0 Å². The summed E-state index contributed by atoms with van der Waals surface area (Å²) >= 11 is 0. The number of ketones is 1. The van der Waals surface area contributed by atoms with Crippen molar-refractivity contribution in [2.24, 2.45) is 5.73 Å². The van der Waals surface area contributed by atoms with Crippen LogP contribution in [0.3, 0.4) is 0 Å². The number of rotatable bonds is 5. The van der Waals surface area contributed by atoms with Gasteiger partial charge in [0.1, 0.15) is 5.75 Å². The predicted octanol–water partition coefficient (Wildman–Crippen LogP) is 2.31. The third-order valence-corrected chi connectivity index (χ3v) is 4.63. The lowest BCUT2D eigenvalue weighted by atomic mass is 10.0. The zero-order valence-electron chi connectivity index (χ0n) is 14.4. The van der Waals surface area contributed by atoms with Crippen LogP contribution in [0, 0.1) is 6.92 Å². The maximum Gasteiger partial charge on any atom is 0.313 e. The van der Waals surface area contributed by atoms with Crippen LogP contribution in [0.15, 0.2) is 66.2 Å². The SMILES string of the molecule is [2H][C@]1(c2cccc(C)c2)OC(N)=C(OS(=O)(=O)Cc2ccccc2)C1=O. The van der Waals surface area contributed by atoms with E-state index in [4.69, 9.17) is 16.0 Å². The normalized spacial score (nSPS) is 21.0. The molecule has 1 heterocycles. The molecular weight excluding hydrogens is 342 g/mol. The second-order valence-electron chi connectivity index (χ2n) is 5.59. The summed E-state index contributed by atoms with van der Waals surface area (Å²) in [7, 11) is -4.15. The van der Waals surface area contributed by atoms with Crippen molar-refractivity contribution in [3.05, 3.63) is 82.9 Å². The lowest BCUT2D eigenvalue weighted by Gasteiger charge is -2.10. The Hall–Kier alpha value is -2.80. The first-order chi connectivity index (χ1) is 12.2. The van der Waals surface area contributed by atoms with E-state index in [-0.39, 0.29) is 5.56 Å². The van der Waals surface area contributed by atoms with E-state index >= 15 is 0 Å². The summed E-state index contributed by atoms with van der Waals surface area (Å²) in [6.45, 7) is 1.80. The molecule has 0 bridgehead atoms. The quantitative estimate of drug-likeness (QED) is 0.822. The van der Waals surface area contributed by atoms with Crippen molar-refractivity contribution in [1.29, 1.82) is 0 Å². The van der Waals surface area contributed by atoms with Crippen molar-refractivity contribution in [3.8, 4) is 0 Å². The van der Waals surface area contributed by atoms with Gasteiger partial charge in [0.05, 0.1) is 1.37 Å². The Morgan fingerprint density at radius 2 is 1.92 bits per heavy atom. The van der Waals surface area contributed by atoms with E-state index in [1.807, 2.05) is 0 Å². The molecule has 1 aliphatic rings. The number of Topliss-reactive ketones (excluding diaryl/α,β-unsaturated/α-hetero) is 1. The molecule has 25 heavy (non-hydrogen) atoms. The van der Waals surface area contributed by atoms with Crippen molar-refractivity contribution >= 4 is 15.9 Å². The number of nitrogens with two attached hydrogens (primary N) is 1. The number of aryl methyl sites for hydroxylation is 1. The van der Waals surface area contributed by atoms with Gasteiger partial charge in [0.25, 0.3) is 0 Å². The van der Waals surface area contributed by atoms with Gasteiger partial charge in [-0.25, -0.2) is 0 Å². The standard InChI is InChI=1S/C18H17NO5S/c1-12-6-5-9-14(10-12)16-15(20)17(18(19)23-16)24-25(21,22)11-13-7-3-2-4-8-13/h2-10,16H,11,19H2,1H3/t16-/m1/s1/i16D. The van der Waals surface area contributed by atoms with Gasteiger partial charge in [-0.05, 0) is 12.5 Å². The van der Waals surface area contributed by atoms with Crippen LogP contribution in [0.1, 0.15) is 24.1 Å². The predicted molar refractivity (Wildman–Crippen MR) is 91.4 cm³/mol. The van der Waals surface area contributed by atoms with E-state index in [0.29, 0.717) is 5.56 Å². The summed E-state index contributed by atoms with van der Waals surface area (Å²) in [6, 6.07) is 15.0. The molecule has 0 saturated heterocycles. The van der Waals surface area contributed by atoms with Crippen molar-refractivity contribution in [3.63, 3.8) is 0 Å². The highest BCUT2D eigenvalue weighted by molar-refractivity contribution is 7.86. The largest absolute Gasteiger partial charge is 0.460 e. The minimum atomic E-state index is -4.15. The second kappa shape index (κ2) is 6.60. The van der Waals surface area contributed by atoms with Crippen molar-refractivity contribution < 1.29 is 23.5 Å². The maximum absolute atomic E-state index is 12.6. The molecule has 0 fully saturated rings. The highest BCUT2D eigenvalue weighted by atomic mass is 32.2. The fourth-order valence-electron chi connectivity index (χ4n) is 2.41. The molecule has 1 atom stereocenters. The summed E-state index contributed by atoms with van der Waals surface area (Å²) < 4.78 is 43.0. The maximum atomic E-state index is 12.6. The second-order valence-corrected chi connectivity index (χ2v) is 7.16. The molecule has 1 aliphatic heterocycles. The number of carbonyl (C=O) groups excluding carboxylic acids is 1. The smallest absolute Gasteiger partial charge is 0.313 e. The number of carbonyl (C=O) groups is 1. The van der Waals surface area contributed by atoms with Gasteiger partial charge in [-0.1, -0.05) is 60.2 Å². The Kier molecular flexibility index (Phi) is 4.15. The van der Waals surface area contributed by atoms with Gasteiger partial charge in [0, 0.05) is 5.56 Å². The van der Waals surface area contributed by atoms with E-state index in [0.717, 1.165) is 5.56 Å². The van der Waals surface area contributed by atoms with E-state index < -0.39 is 39.4 Å². The summed E-state index contributed by atoms with van der Waals surface area (Å²) in [5, 5.41) is 0. The van der Waals surface area contributed by atoms with Crippen LogP contribution in [0.5, 0.6) is 0 Å². The molecule has 0 unspecified atom stereocenters. The van der Waals surface area contributed by atoms with Gasteiger partial charge in [-0.2, -0.15) is 8.42 Å². The summed E-state index contributed by atoms with van der Waals surface area (Å²) in [6.07, 6.45) is -2.17. The molecule has 0 saturated carbocycles. The van der Waals surface area contributed by atoms with Crippen LogP contribution < -0.4 is 5.73 Å². The van der Waals surface area contributed by atoms with Gasteiger partial charge < -0.3 is 14.7 Å². The third kappa shape index (κ3) is 3.83. The van der Waals surface area contributed by atoms with E-state index in [9.17, 15) is 13.2 Å². The molecule has 7 heteroatoms. The van der Waals surface area contributed by atoms with Crippen LogP contribution in [0.4, 0.5) is 0 Å². The lowest BCUT2D eigenvalue weighted by Crippen LogP contribution is -2.16. The monoisotopic (exact) mass is 360 g/mol. The number of ether oxygens (including phenoxy) is 1. The van der Waals surface area contributed by atoms with Crippen molar-refractivity contribution in [2.45, 2.75) is 18.8 Å². The van der Waals surface area contributed by atoms with Crippen molar-refractivity contribution in [1.82, 2.24) is 0 Å². The molecular formula is C18H17NO5S. The molecule has 6 nitrogen and oxygen atoms in total. The summed E-state index contributed by atoms with van der Waals surface area (Å²) in [5.74, 6) is -2.59. The van der Waals surface area contributed by atoms with E-state index in [1.54, 1.807) is 55.5 Å². The van der Waals surface area contributed by atoms with E-state index in [2.05, 4.69) is 0 Å². The topological polar surface area (TPSA) is 95.7 Å². The van der Waals surface area contributed by atoms with Gasteiger partial charge in [0.2, 0.25) is 17.4 Å². The van der Waals surface area contributed by atoms with Gasteiger partial charge in [0.15, 0.2) is 6.08 Å². The average molecular weight is 360 g/mol. The fourth-order valence-corrected chi connectivity index (χ4v) is 3.48. The third-order valence-electron chi connectivity index (χ3n) is 3.53. The summed E-state index contributed by atoms with van der Waals surface area (Å²) in [5.41, 5.74) is 7.20. The van der Waals surface area contributed by atoms with Gasteiger partial charge in [-0.3, -0.25) is 4.79 Å². The van der Waals surface area contributed by atoms with Crippen LogP contribution in [-0.4, -0.2) is 14.2 Å².